The smallest absolute Gasteiger partial charge is 0.132 e. The molecule has 0 saturated carbocycles. The van der Waals surface area contributed by atoms with Crippen molar-refractivity contribution in [1.82, 2.24) is 4.98 Å². The van der Waals surface area contributed by atoms with Gasteiger partial charge in [0.15, 0.2) is 0 Å². The van der Waals surface area contributed by atoms with E-state index >= 15 is 0 Å². The van der Waals surface area contributed by atoms with Gasteiger partial charge in [-0.1, -0.05) is 0 Å². The zero-order valence-electron chi connectivity index (χ0n) is 7.01. The molecular weight excluding hydrogens is 233 g/mol. The molecular formula is C10H7BrFN. The van der Waals surface area contributed by atoms with E-state index in [0.717, 1.165) is 10.0 Å². The molecule has 1 aromatic heterocycles. The summed E-state index contributed by atoms with van der Waals surface area (Å²) >= 11 is 3.33. The molecule has 0 aliphatic rings. The Morgan fingerprint density at radius 3 is 2.92 bits per heavy atom. The van der Waals surface area contributed by atoms with Crippen molar-refractivity contribution < 1.29 is 4.39 Å². The number of hydrogen-bond donors (Lipinski definition) is 0. The average Bonchev–Trinajstić information content (AvgIpc) is 2.12. The van der Waals surface area contributed by atoms with Gasteiger partial charge in [0.1, 0.15) is 5.82 Å². The summed E-state index contributed by atoms with van der Waals surface area (Å²) in [5.41, 5.74) is 1.63. The normalized spacial score (nSPS) is 10.7. The van der Waals surface area contributed by atoms with Crippen molar-refractivity contribution in [2.75, 3.05) is 0 Å². The average molecular weight is 240 g/mol. The lowest BCUT2D eigenvalue weighted by Crippen LogP contribution is -1.86. The summed E-state index contributed by atoms with van der Waals surface area (Å²) in [5, 5.41) is 0.564. The third kappa shape index (κ3) is 1.44. The van der Waals surface area contributed by atoms with Crippen LogP contribution in [0.15, 0.2) is 28.9 Å². The fourth-order valence-corrected chi connectivity index (χ4v) is 1.70. The monoisotopic (exact) mass is 239 g/mol. The van der Waals surface area contributed by atoms with Crippen molar-refractivity contribution >= 4 is 26.8 Å². The van der Waals surface area contributed by atoms with Crippen molar-refractivity contribution in [2.24, 2.45) is 0 Å². The largest absolute Gasteiger partial charge is 0.255 e. The summed E-state index contributed by atoms with van der Waals surface area (Å²) in [6.07, 6.45) is 1.73. The van der Waals surface area contributed by atoms with Crippen molar-refractivity contribution in [1.29, 1.82) is 0 Å². The van der Waals surface area contributed by atoms with Crippen LogP contribution in [-0.2, 0) is 0 Å². The highest BCUT2D eigenvalue weighted by Crippen LogP contribution is 2.24. The van der Waals surface area contributed by atoms with E-state index in [4.69, 9.17) is 0 Å². The van der Waals surface area contributed by atoms with Crippen LogP contribution in [0.4, 0.5) is 4.39 Å². The number of pyridine rings is 1. The molecule has 0 saturated heterocycles. The van der Waals surface area contributed by atoms with Crippen molar-refractivity contribution in [3.63, 3.8) is 0 Å². The minimum atomic E-state index is -0.227. The lowest BCUT2D eigenvalue weighted by atomic mass is 10.2. The van der Waals surface area contributed by atoms with Crippen molar-refractivity contribution in [3.05, 3.63) is 40.2 Å². The van der Waals surface area contributed by atoms with Crippen LogP contribution < -0.4 is 0 Å². The SMILES string of the molecule is Cc1cnc2c(Br)ccc(F)c2c1. The summed E-state index contributed by atoms with van der Waals surface area (Å²) in [5.74, 6) is -0.227. The van der Waals surface area contributed by atoms with Crippen molar-refractivity contribution in [2.45, 2.75) is 6.92 Å². The van der Waals surface area contributed by atoms with Gasteiger partial charge in [0.05, 0.1) is 5.52 Å². The fourth-order valence-electron chi connectivity index (χ4n) is 1.26. The first-order valence-electron chi connectivity index (χ1n) is 3.89. The van der Waals surface area contributed by atoms with Crippen LogP contribution in [0.1, 0.15) is 5.56 Å². The van der Waals surface area contributed by atoms with Gasteiger partial charge in [0, 0.05) is 16.1 Å². The standard InChI is InChI=1S/C10H7BrFN/c1-6-4-7-9(12)3-2-8(11)10(7)13-5-6/h2-5H,1H3. The van der Waals surface area contributed by atoms with Crippen molar-refractivity contribution in [3.8, 4) is 0 Å². The minimum Gasteiger partial charge on any atom is -0.255 e. The molecule has 13 heavy (non-hydrogen) atoms. The van der Waals surface area contributed by atoms with E-state index < -0.39 is 0 Å². The van der Waals surface area contributed by atoms with Gasteiger partial charge in [-0.3, -0.25) is 4.98 Å². The molecule has 0 atom stereocenters. The molecule has 0 aliphatic carbocycles. The van der Waals surface area contributed by atoms with E-state index in [1.165, 1.54) is 6.07 Å². The first kappa shape index (κ1) is 8.63. The van der Waals surface area contributed by atoms with E-state index in [2.05, 4.69) is 20.9 Å². The predicted molar refractivity (Wildman–Crippen MR) is 54.1 cm³/mol. The number of nitrogens with zero attached hydrogens (tertiary/aromatic N) is 1. The van der Waals surface area contributed by atoms with E-state index in [1.807, 2.05) is 6.92 Å². The Labute approximate surface area is 83.7 Å². The molecule has 1 heterocycles. The maximum absolute atomic E-state index is 13.3. The van der Waals surface area contributed by atoms with Crippen LogP contribution in [-0.4, -0.2) is 4.98 Å². The molecule has 1 nitrogen and oxygen atoms in total. The summed E-state index contributed by atoms with van der Waals surface area (Å²) in [7, 11) is 0. The quantitative estimate of drug-likeness (QED) is 0.687. The Morgan fingerprint density at radius 2 is 2.15 bits per heavy atom. The maximum atomic E-state index is 13.3. The Bertz CT molecular complexity index is 468. The van der Waals surface area contributed by atoms with Crippen LogP contribution in [0.3, 0.4) is 0 Å². The maximum Gasteiger partial charge on any atom is 0.132 e. The molecule has 1 aromatic carbocycles. The number of fused-ring (bicyclic) bond motifs is 1. The molecule has 0 aliphatic heterocycles. The second kappa shape index (κ2) is 3.07. The van der Waals surface area contributed by atoms with Gasteiger partial charge in [-0.15, -0.1) is 0 Å². The zero-order chi connectivity index (χ0) is 9.42. The molecule has 0 amide bonds. The first-order valence-corrected chi connectivity index (χ1v) is 4.68. The highest BCUT2D eigenvalue weighted by molar-refractivity contribution is 9.10. The highest BCUT2D eigenvalue weighted by Gasteiger charge is 2.04. The Balaban J connectivity index is 2.92. The molecule has 2 rings (SSSR count). The van der Waals surface area contributed by atoms with Crippen LogP contribution in [0.25, 0.3) is 10.9 Å². The number of hydrogen-bond acceptors (Lipinski definition) is 1. The van der Waals surface area contributed by atoms with Gasteiger partial charge in [-0.05, 0) is 46.6 Å². The fraction of sp³-hybridized carbons (Fsp3) is 0.100. The molecule has 0 bridgehead atoms. The summed E-state index contributed by atoms with van der Waals surface area (Å²) in [4.78, 5) is 4.15. The number of rotatable bonds is 0. The number of aromatic nitrogens is 1. The van der Waals surface area contributed by atoms with E-state index in [0.29, 0.717) is 10.9 Å². The van der Waals surface area contributed by atoms with E-state index in [-0.39, 0.29) is 5.82 Å². The third-order valence-electron chi connectivity index (χ3n) is 1.88. The summed E-state index contributed by atoms with van der Waals surface area (Å²) in [6, 6.07) is 4.90. The minimum absolute atomic E-state index is 0.227. The second-order valence-corrected chi connectivity index (χ2v) is 3.79. The highest BCUT2D eigenvalue weighted by atomic mass is 79.9. The lowest BCUT2D eigenvalue weighted by molar-refractivity contribution is 0.639. The topological polar surface area (TPSA) is 12.9 Å². The zero-order valence-corrected chi connectivity index (χ0v) is 8.60. The molecule has 0 fully saturated rings. The molecule has 3 heteroatoms. The van der Waals surface area contributed by atoms with Crippen LogP contribution in [0.2, 0.25) is 0 Å². The van der Waals surface area contributed by atoms with Crippen LogP contribution in [0, 0.1) is 12.7 Å². The van der Waals surface area contributed by atoms with Gasteiger partial charge in [-0.25, -0.2) is 4.39 Å². The van der Waals surface area contributed by atoms with Crippen LogP contribution >= 0.6 is 15.9 Å². The Kier molecular flexibility index (Phi) is 2.04. The molecule has 66 valence electrons. The predicted octanol–water partition coefficient (Wildman–Crippen LogP) is 3.44. The number of aryl methyl sites for hydroxylation is 1. The van der Waals surface area contributed by atoms with E-state index in [9.17, 15) is 4.39 Å². The molecule has 0 unspecified atom stereocenters. The van der Waals surface area contributed by atoms with Gasteiger partial charge in [0.2, 0.25) is 0 Å². The lowest BCUT2D eigenvalue weighted by Gasteiger charge is -2.01. The van der Waals surface area contributed by atoms with Gasteiger partial charge in [-0.2, -0.15) is 0 Å². The first-order chi connectivity index (χ1) is 6.18. The van der Waals surface area contributed by atoms with Gasteiger partial charge >= 0.3 is 0 Å². The number of benzene rings is 1. The van der Waals surface area contributed by atoms with Gasteiger partial charge in [0.25, 0.3) is 0 Å². The Hall–Kier alpha value is -0.960. The molecule has 2 aromatic rings. The molecule has 0 N–H and O–H groups in total. The van der Waals surface area contributed by atoms with Crippen LogP contribution in [0.5, 0.6) is 0 Å². The second-order valence-electron chi connectivity index (χ2n) is 2.94. The Morgan fingerprint density at radius 1 is 1.38 bits per heavy atom. The molecule has 0 spiro atoms. The number of halogens is 2. The van der Waals surface area contributed by atoms with E-state index in [1.54, 1.807) is 18.3 Å². The third-order valence-corrected chi connectivity index (χ3v) is 2.52. The molecule has 0 radical (unpaired) electrons. The summed E-state index contributed by atoms with van der Waals surface area (Å²) in [6.45, 7) is 1.90. The van der Waals surface area contributed by atoms with Gasteiger partial charge < -0.3 is 0 Å². The summed E-state index contributed by atoms with van der Waals surface area (Å²) < 4.78 is 14.1.